The quantitative estimate of drug-likeness (QED) is 0.226. The van der Waals surface area contributed by atoms with Crippen molar-refractivity contribution in [1.82, 2.24) is 14.9 Å². The molecule has 1 atom stereocenters. The van der Waals surface area contributed by atoms with E-state index in [0.717, 1.165) is 38.9 Å². The Morgan fingerprint density at radius 2 is 1.50 bits per heavy atom. The van der Waals surface area contributed by atoms with Crippen LogP contribution >= 0.6 is 0 Å². The van der Waals surface area contributed by atoms with Crippen LogP contribution in [0.4, 0.5) is 0 Å². The summed E-state index contributed by atoms with van der Waals surface area (Å²) in [5, 5.41) is 4.19. The minimum Gasteiger partial charge on any atom is -0.497 e. The van der Waals surface area contributed by atoms with Crippen LogP contribution in [0.2, 0.25) is 0 Å². The van der Waals surface area contributed by atoms with Crippen molar-refractivity contribution < 1.29 is 19.0 Å². The van der Waals surface area contributed by atoms with Crippen LogP contribution in [-0.2, 0) is 17.9 Å². The molecule has 5 aromatic rings. The molecule has 1 unspecified atom stereocenters. The van der Waals surface area contributed by atoms with E-state index in [0.29, 0.717) is 24.6 Å². The molecule has 2 heterocycles. The summed E-state index contributed by atoms with van der Waals surface area (Å²) in [6, 6.07) is 26.0. The third-order valence-electron chi connectivity index (χ3n) is 7.11. The molecule has 0 bridgehead atoms. The Morgan fingerprint density at radius 1 is 0.825 bits per heavy atom. The van der Waals surface area contributed by atoms with E-state index in [-0.39, 0.29) is 18.2 Å². The highest BCUT2D eigenvalue weighted by Gasteiger charge is 2.24. The highest BCUT2D eigenvalue weighted by atomic mass is 16.5. The number of fused-ring (bicyclic) bond motifs is 1. The number of ether oxygens (including phenoxy) is 3. The number of aromatic nitrogens is 2. The summed E-state index contributed by atoms with van der Waals surface area (Å²) in [5.41, 5.74) is 5.27. The van der Waals surface area contributed by atoms with Gasteiger partial charge in [-0.3, -0.25) is 9.78 Å². The molecular formula is C33H33N3O4. The van der Waals surface area contributed by atoms with Gasteiger partial charge in [0.25, 0.3) is 0 Å². The SMILES string of the molecule is COc1ccc(Cn2cc(C(CC(=O)NCc3ccncc3)c3cc(OC)cc(OC)c3)c3ccccc32)cc1. The second-order valence-electron chi connectivity index (χ2n) is 9.61. The molecule has 204 valence electrons. The number of hydrogen-bond acceptors (Lipinski definition) is 5. The van der Waals surface area contributed by atoms with Gasteiger partial charge in [-0.2, -0.15) is 0 Å². The number of nitrogens with zero attached hydrogens (tertiary/aromatic N) is 2. The van der Waals surface area contributed by atoms with Crippen LogP contribution in [0.1, 0.15) is 34.6 Å². The number of methoxy groups -OCH3 is 3. The highest BCUT2D eigenvalue weighted by molar-refractivity contribution is 5.87. The van der Waals surface area contributed by atoms with Crippen molar-refractivity contribution in [3.05, 3.63) is 120 Å². The van der Waals surface area contributed by atoms with E-state index >= 15 is 0 Å². The van der Waals surface area contributed by atoms with Gasteiger partial charge in [-0.15, -0.1) is 0 Å². The molecule has 0 saturated heterocycles. The average molecular weight is 536 g/mol. The first kappa shape index (κ1) is 26.8. The Morgan fingerprint density at radius 3 is 2.17 bits per heavy atom. The van der Waals surface area contributed by atoms with E-state index in [4.69, 9.17) is 14.2 Å². The summed E-state index contributed by atoms with van der Waals surface area (Å²) < 4.78 is 18.7. The van der Waals surface area contributed by atoms with Crippen molar-refractivity contribution >= 4 is 16.8 Å². The summed E-state index contributed by atoms with van der Waals surface area (Å²) in [7, 11) is 4.94. The van der Waals surface area contributed by atoms with Crippen LogP contribution in [0.3, 0.4) is 0 Å². The monoisotopic (exact) mass is 535 g/mol. The zero-order chi connectivity index (χ0) is 27.9. The number of nitrogens with one attached hydrogen (secondary N) is 1. The Kier molecular flexibility index (Phi) is 8.30. The minimum atomic E-state index is -0.233. The Hall–Kier alpha value is -4.78. The first-order valence-corrected chi connectivity index (χ1v) is 13.2. The number of pyridine rings is 1. The van der Waals surface area contributed by atoms with Gasteiger partial charge in [0, 0.05) is 61.0 Å². The number of rotatable bonds is 11. The number of carbonyl (C=O) groups is 1. The predicted molar refractivity (Wildman–Crippen MR) is 156 cm³/mol. The largest absolute Gasteiger partial charge is 0.497 e. The van der Waals surface area contributed by atoms with Crippen molar-refractivity contribution in [3.63, 3.8) is 0 Å². The van der Waals surface area contributed by atoms with E-state index in [1.165, 1.54) is 0 Å². The molecule has 0 aliphatic carbocycles. The van der Waals surface area contributed by atoms with Crippen LogP contribution < -0.4 is 19.5 Å². The van der Waals surface area contributed by atoms with Gasteiger partial charge in [-0.1, -0.05) is 30.3 Å². The molecule has 3 aromatic carbocycles. The number of benzene rings is 3. The lowest BCUT2D eigenvalue weighted by Gasteiger charge is -2.19. The van der Waals surface area contributed by atoms with Crippen LogP contribution in [0, 0.1) is 0 Å². The van der Waals surface area contributed by atoms with Gasteiger partial charge in [0.05, 0.1) is 21.3 Å². The molecule has 0 aliphatic heterocycles. The van der Waals surface area contributed by atoms with E-state index < -0.39 is 0 Å². The van der Waals surface area contributed by atoms with Gasteiger partial charge < -0.3 is 24.1 Å². The molecule has 0 saturated carbocycles. The Bertz CT molecular complexity index is 1560. The van der Waals surface area contributed by atoms with Gasteiger partial charge in [0.1, 0.15) is 17.2 Å². The van der Waals surface area contributed by atoms with Crippen molar-refractivity contribution in [1.29, 1.82) is 0 Å². The maximum Gasteiger partial charge on any atom is 0.221 e. The third-order valence-corrected chi connectivity index (χ3v) is 7.11. The normalized spacial score (nSPS) is 11.7. The van der Waals surface area contributed by atoms with E-state index in [1.54, 1.807) is 33.7 Å². The number of para-hydroxylation sites is 1. The topological polar surface area (TPSA) is 74.6 Å². The summed E-state index contributed by atoms with van der Waals surface area (Å²) in [5.74, 6) is 1.91. The fourth-order valence-corrected chi connectivity index (χ4v) is 5.01. The maximum absolute atomic E-state index is 13.4. The number of amides is 1. The zero-order valence-corrected chi connectivity index (χ0v) is 23.0. The van der Waals surface area contributed by atoms with Crippen molar-refractivity contribution in [2.45, 2.75) is 25.4 Å². The van der Waals surface area contributed by atoms with Gasteiger partial charge in [0.15, 0.2) is 0 Å². The number of hydrogen-bond donors (Lipinski definition) is 1. The van der Waals surface area contributed by atoms with Gasteiger partial charge in [0.2, 0.25) is 5.91 Å². The van der Waals surface area contributed by atoms with E-state index in [9.17, 15) is 4.79 Å². The summed E-state index contributed by atoms with van der Waals surface area (Å²) in [6.07, 6.45) is 5.88. The lowest BCUT2D eigenvalue weighted by atomic mass is 9.87. The van der Waals surface area contributed by atoms with Gasteiger partial charge in [-0.05, 0) is 64.7 Å². The molecule has 5 rings (SSSR count). The second kappa shape index (κ2) is 12.4. The highest BCUT2D eigenvalue weighted by Crippen LogP contribution is 2.38. The summed E-state index contributed by atoms with van der Waals surface area (Å²) in [4.78, 5) is 17.4. The lowest BCUT2D eigenvalue weighted by Crippen LogP contribution is -2.25. The second-order valence-corrected chi connectivity index (χ2v) is 9.61. The van der Waals surface area contributed by atoms with Gasteiger partial charge in [-0.25, -0.2) is 0 Å². The zero-order valence-electron chi connectivity index (χ0n) is 23.0. The van der Waals surface area contributed by atoms with Crippen molar-refractivity contribution in [2.24, 2.45) is 0 Å². The van der Waals surface area contributed by atoms with Crippen LogP contribution in [0.5, 0.6) is 17.2 Å². The first-order chi connectivity index (χ1) is 19.6. The molecule has 7 nitrogen and oxygen atoms in total. The van der Waals surface area contributed by atoms with E-state index in [2.05, 4.69) is 45.3 Å². The molecule has 0 aliphatic rings. The van der Waals surface area contributed by atoms with Gasteiger partial charge >= 0.3 is 0 Å². The van der Waals surface area contributed by atoms with Crippen LogP contribution in [-0.4, -0.2) is 36.8 Å². The maximum atomic E-state index is 13.4. The smallest absolute Gasteiger partial charge is 0.221 e. The van der Waals surface area contributed by atoms with Crippen LogP contribution in [0.25, 0.3) is 10.9 Å². The van der Waals surface area contributed by atoms with Crippen molar-refractivity contribution in [3.8, 4) is 17.2 Å². The molecule has 0 radical (unpaired) electrons. The van der Waals surface area contributed by atoms with Crippen molar-refractivity contribution in [2.75, 3.05) is 21.3 Å². The first-order valence-electron chi connectivity index (χ1n) is 13.2. The third kappa shape index (κ3) is 6.10. The molecule has 40 heavy (non-hydrogen) atoms. The molecule has 7 heteroatoms. The Balaban J connectivity index is 1.54. The summed E-state index contributed by atoms with van der Waals surface area (Å²) in [6.45, 7) is 1.13. The fourth-order valence-electron chi connectivity index (χ4n) is 5.01. The molecule has 1 N–H and O–H groups in total. The molecule has 1 amide bonds. The van der Waals surface area contributed by atoms with E-state index in [1.807, 2.05) is 54.6 Å². The number of carbonyl (C=O) groups excluding carboxylic acids is 1. The molecule has 0 spiro atoms. The standard InChI is InChI=1S/C33H33N3O4/c1-38-26-10-8-24(9-11-26)21-36-22-31(29-6-4-5-7-32(29)36)30(25-16-27(39-2)18-28(17-25)40-3)19-33(37)35-20-23-12-14-34-15-13-23/h4-18,22,30H,19-21H2,1-3H3,(H,35,37). The average Bonchev–Trinajstić information content (AvgIpc) is 3.37. The predicted octanol–water partition coefficient (Wildman–Crippen LogP) is 5.95. The molecule has 0 fully saturated rings. The minimum absolute atomic E-state index is 0.0458. The molecular weight excluding hydrogens is 502 g/mol. The molecule has 2 aromatic heterocycles. The lowest BCUT2D eigenvalue weighted by molar-refractivity contribution is -0.121. The fraction of sp³-hybridized carbons (Fsp3) is 0.212. The summed E-state index contributed by atoms with van der Waals surface area (Å²) >= 11 is 0. The van der Waals surface area contributed by atoms with Crippen LogP contribution in [0.15, 0.2) is 97.5 Å². The Labute approximate surface area is 234 Å².